The molecule has 1 aliphatic heterocycles. The van der Waals surface area contributed by atoms with Crippen molar-refractivity contribution in [1.29, 1.82) is 0 Å². The molecule has 6 nitrogen and oxygen atoms in total. The van der Waals surface area contributed by atoms with Crippen molar-refractivity contribution in [1.82, 2.24) is 14.7 Å². The van der Waals surface area contributed by atoms with Crippen molar-refractivity contribution < 1.29 is 19.1 Å². The molecule has 166 valence electrons. The molecular weight excluding hydrogens is 441 g/mol. The van der Waals surface area contributed by atoms with Crippen LogP contribution in [0.5, 0.6) is 0 Å². The van der Waals surface area contributed by atoms with E-state index in [9.17, 15) is 14.0 Å². The number of aliphatic carboxylic acids is 1. The largest absolute Gasteiger partial charge is 0.480 e. The molecule has 31 heavy (non-hydrogen) atoms. The van der Waals surface area contributed by atoms with Crippen LogP contribution in [0.4, 0.5) is 4.39 Å². The van der Waals surface area contributed by atoms with Crippen LogP contribution in [-0.4, -0.2) is 49.9 Å². The number of hydrogen-bond acceptors (Lipinski definition) is 5. The van der Waals surface area contributed by atoms with Crippen molar-refractivity contribution in [2.45, 2.75) is 37.1 Å². The molecule has 1 aromatic heterocycles. The second-order valence-corrected chi connectivity index (χ2v) is 8.55. The van der Waals surface area contributed by atoms with Gasteiger partial charge in [-0.15, -0.1) is 12.4 Å². The summed E-state index contributed by atoms with van der Waals surface area (Å²) in [6.45, 7) is 0.929. The van der Waals surface area contributed by atoms with Gasteiger partial charge in [-0.2, -0.15) is 17.7 Å². The predicted octanol–water partition coefficient (Wildman–Crippen LogP) is 3.64. The SMILES string of the molecule is Cl.O=C(O)Cn1ccc(/C=C2\CN(C(C(=O)C3CC3)c3ccccc3F)CCC2S)n1. The van der Waals surface area contributed by atoms with Crippen LogP contribution in [0, 0.1) is 11.7 Å². The van der Waals surface area contributed by atoms with E-state index < -0.39 is 12.0 Å². The fourth-order valence-electron chi connectivity index (χ4n) is 3.94. The van der Waals surface area contributed by atoms with E-state index in [1.165, 1.54) is 10.7 Å². The number of piperidine rings is 1. The summed E-state index contributed by atoms with van der Waals surface area (Å²) in [4.78, 5) is 26.0. The Bertz CT molecular complexity index is 992. The number of nitrogens with zero attached hydrogens (tertiary/aromatic N) is 3. The molecule has 1 saturated carbocycles. The molecule has 4 rings (SSSR count). The Hall–Kier alpha value is -2.16. The van der Waals surface area contributed by atoms with Crippen molar-refractivity contribution in [3.8, 4) is 0 Å². The van der Waals surface area contributed by atoms with Crippen LogP contribution >= 0.6 is 25.0 Å². The first-order chi connectivity index (χ1) is 14.4. The number of rotatable bonds is 7. The van der Waals surface area contributed by atoms with Gasteiger partial charge in [0.05, 0.1) is 11.7 Å². The first kappa shape index (κ1) is 23.5. The smallest absolute Gasteiger partial charge is 0.325 e. The Labute approximate surface area is 191 Å². The molecule has 1 N–H and O–H groups in total. The summed E-state index contributed by atoms with van der Waals surface area (Å²) in [5.41, 5.74) is 2.05. The lowest BCUT2D eigenvalue weighted by molar-refractivity contribution is -0.137. The van der Waals surface area contributed by atoms with Gasteiger partial charge in [0.25, 0.3) is 0 Å². The van der Waals surface area contributed by atoms with Crippen LogP contribution in [0.1, 0.15) is 36.6 Å². The van der Waals surface area contributed by atoms with E-state index in [1.807, 2.05) is 11.0 Å². The number of ketones is 1. The number of carbonyl (C=O) groups is 2. The molecule has 0 spiro atoms. The average molecular weight is 466 g/mol. The minimum absolute atomic E-state index is 0. The number of carbonyl (C=O) groups excluding carboxylic acids is 1. The maximum absolute atomic E-state index is 14.6. The molecule has 2 heterocycles. The molecule has 1 aliphatic carbocycles. The number of benzene rings is 1. The second kappa shape index (κ2) is 9.97. The predicted molar refractivity (Wildman–Crippen MR) is 121 cm³/mol. The number of Topliss-reactive ketones (excluding diaryl/α,β-unsaturated/α-hetero) is 1. The topological polar surface area (TPSA) is 75.4 Å². The van der Waals surface area contributed by atoms with Gasteiger partial charge in [-0.25, -0.2) is 4.39 Å². The lowest BCUT2D eigenvalue weighted by atomic mass is 9.93. The summed E-state index contributed by atoms with van der Waals surface area (Å²) in [5, 5.41) is 13.2. The van der Waals surface area contributed by atoms with Gasteiger partial charge in [0.2, 0.25) is 0 Å². The summed E-state index contributed by atoms with van der Waals surface area (Å²) < 4.78 is 16.0. The average Bonchev–Trinajstić information content (AvgIpc) is 3.47. The fourth-order valence-corrected chi connectivity index (χ4v) is 4.22. The van der Waals surface area contributed by atoms with E-state index in [1.54, 1.807) is 30.5 Å². The van der Waals surface area contributed by atoms with Crippen LogP contribution in [0.15, 0.2) is 42.1 Å². The zero-order valence-corrected chi connectivity index (χ0v) is 18.6. The summed E-state index contributed by atoms with van der Waals surface area (Å²) in [7, 11) is 0. The van der Waals surface area contributed by atoms with Crippen LogP contribution < -0.4 is 0 Å². The number of likely N-dealkylation sites (tertiary alicyclic amines) is 1. The monoisotopic (exact) mass is 465 g/mol. The number of hydrogen-bond donors (Lipinski definition) is 2. The molecule has 0 amide bonds. The zero-order chi connectivity index (χ0) is 21.3. The maximum Gasteiger partial charge on any atom is 0.325 e. The highest BCUT2D eigenvalue weighted by Crippen LogP contribution is 2.39. The standard InChI is InChI=1S/C22H24FN3O3S.ClH/c23-18-4-2-1-3-17(18)21(22(29)14-5-6-14)25-9-8-19(30)15(12-25)11-16-7-10-26(24-16)13-20(27)28;/h1-4,7,10-11,14,19,21,30H,5-6,8-9,12-13H2,(H,27,28);1H/b15-11+;. The maximum atomic E-state index is 14.6. The van der Waals surface area contributed by atoms with Gasteiger partial charge in [0.15, 0.2) is 5.78 Å². The zero-order valence-electron chi connectivity index (χ0n) is 16.9. The van der Waals surface area contributed by atoms with Gasteiger partial charge in [0.1, 0.15) is 12.4 Å². The van der Waals surface area contributed by atoms with Gasteiger partial charge in [-0.05, 0) is 43.0 Å². The van der Waals surface area contributed by atoms with Gasteiger partial charge in [-0.3, -0.25) is 19.2 Å². The Balaban J connectivity index is 0.00000272. The Morgan fingerprint density at radius 3 is 2.68 bits per heavy atom. The highest BCUT2D eigenvalue weighted by molar-refractivity contribution is 7.81. The molecule has 9 heteroatoms. The Kier molecular flexibility index (Phi) is 7.56. The lowest BCUT2D eigenvalue weighted by Crippen LogP contribution is -2.42. The third-order valence-electron chi connectivity index (χ3n) is 5.61. The number of carboxylic acids is 1. The molecule has 2 aliphatic rings. The quantitative estimate of drug-likeness (QED) is 0.611. The first-order valence-corrected chi connectivity index (χ1v) is 10.6. The van der Waals surface area contributed by atoms with Gasteiger partial charge < -0.3 is 5.11 Å². The number of halogens is 2. The minimum atomic E-state index is -0.959. The molecule has 0 radical (unpaired) electrons. The van der Waals surface area contributed by atoms with E-state index in [0.717, 1.165) is 24.8 Å². The highest BCUT2D eigenvalue weighted by Gasteiger charge is 2.40. The van der Waals surface area contributed by atoms with E-state index in [4.69, 9.17) is 5.11 Å². The van der Waals surface area contributed by atoms with Crippen molar-refractivity contribution in [2.75, 3.05) is 13.1 Å². The van der Waals surface area contributed by atoms with Crippen molar-refractivity contribution >= 4 is 42.9 Å². The summed E-state index contributed by atoms with van der Waals surface area (Å²) in [5.74, 6) is -1.22. The van der Waals surface area contributed by atoms with E-state index >= 15 is 0 Å². The molecule has 2 fully saturated rings. The van der Waals surface area contributed by atoms with Crippen LogP contribution in [-0.2, 0) is 16.1 Å². The minimum Gasteiger partial charge on any atom is -0.480 e. The third-order valence-corrected chi connectivity index (χ3v) is 6.20. The van der Waals surface area contributed by atoms with E-state index in [0.29, 0.717) is 24.3 Å². The van der Waals surface area contributed by atoms with Gasteiger partial charge in [0, 0.05) is 36.0 Å². The van der Waals surface area contributed by atoms with Crippen LogP contribution in [0.2, 0.25) is 0 Å². The Morgan fingerprint density at radius 2 is 2.00 bits per heavy atom. The number of aromatic nitrogens is 2. The number of carboxylic acid groups (broad SMARTS) is 1. The highest BCUT2D eigenvalue weighted by atomic mass is 35.5. The van der Waals surface area contributed by atoms with Crippen molar-refractivity contribution in [3.05, 3.63) is 59.2 Å². The molecule has 0 bridgehead atoms. The summed E-state index contributed by atoms with van der Waals surface area (Å²) in [6.07, 6.45) is 5.98. The van der Waals surface area contributed by atoms with Gasteiger partial charge in [-0.1, -0.05) is 18.2 Å². The van der Waals surface area contributed by atoms with Crippen molar-refractivity contribution in [3.63, 3.8) is 0 Å². The molecular formula is C22H25ClFN3O3S. The molecule has 1 saturated heterocycles. The van der Waals surface area contributed by atoms with Crippen molar-refractivity contribution in [2.24, 2.45) is 5.92 Å². The number of thiol groups is 1. The summed E-state index contributed by atoms with van der Waals surface area (Å²) in [6, 6.07) is 7.65. The van der Waals surface area contributed by atoms with Crippen LogP contribution in [0.25, 0.3) is 6.08 Å². The Morgan fingerprint density at radius 1 is 1.26 bits per heavy atom. The molecule has 2 aromatic rings. The first-order valence-electron chi connectivity index (χ1n) is 10.1. The molecule has 2 unspecified atom stereocenters. The van der Waals surface area contributed by atoms with E-state index in [-0.39, 0.29) is 41.7 Å². The van der Waals surface area contributed by atoms with Gasteiger partial charge >= 0.3 is 5.97 Å². The molecule has 1 aromatic carbocycles. The lowest BCUT2D eigenvalue weighted by Gasteiger charge is -2.37. The van der Waals surface area contributed by atoms with E-state index in [2.05, 4.69) is 17.7 Å². The third kappa shape index (κ3) is 5.56. The fraction of sp³-hybridized carbons (Fsp3) is 0.409. The normalized spacial score (nSPS) is 21.5. The summed E-state index contributed by atoms with van der Waals surface area (Å²) >= 11 is 4.69. The van der Waals surface area contributed by atoms with Crippen LogP contribution in [0.3, 0.4) is 0 Å². The molecule has 2 atom stereocenters. The second-order valence-electron chi connectivity index (χ2n) is 7.93.